The summed E-state index contributed by atoms with van der Waals surface area (Å²) >= 11 is 0. The van der Waals surface area contributed by atoms with Crippen LogP contribution < -0.4 is 5.32 Å². The highest BCUT2D eigenvalue weighted by Gasteiger charge is 2.51. The average molecular weight is 415 g/mol. The third-order valence-corrected chi connectivity index (χ3v) is 6.57. The maximum Gasteiger partial charge on any atom is 0.199 e. The minimum absolute atomic E-state index is 0.0767. The second-order valence-electron chi connectivity index (χ2n) is 8.28. The summed E-state index contributed by atoms with van der Waals surface area (Å²) in [6, 6.07) is 36.6. The Morgan fingerprint density at radius 1 is 0.719 bits per heavy atom. The number of benzene rings is 4. The quantitative estimate of drug-likeness (QED) is 0.371. The Bertz CT molecular complexity index is 1470. The van der Waals surface area contributed by atoms with E-state index in [1.165, 1.54) is 0 Å². The molecule has 1 atom stereocenters. The van der Waals surface area contributed by atoms with E-state index in [1.807, 2.05) is 78.9 Å². The largest absolute Gasteiger partial charge is 0.365 e. The molecule has 4 aromatic carbocycles. The molecule has 1 aliphatic heterocycles. The van der Waals surface area contributed by atoms with Crippen molar-refractivity contribution in [3.8, 4) is 11.3 Å². The van der Waals surface area contributed by atoms with Crippen molar-refractivity contribution in [2.24, 2.45) is 7.05 Å². The molecule has 1 aliphatic rings. The number of anilines is 1. The highest BCUT2D eigenvalue weighted by atomic mass is 16.1. The Balaban J connectivity index is 1.78. The third-order valence-electron chi connectivity index (χ3n) is 6.57. The van der Waals surface area contributed by atoms with E-state index in [4.69, 9.17) is 0 Å². The van der Waals surface area contributed by atoms with E-state index in [-0.39, 0.29) is 5.78 Å². The normalized spacial score (nSPS) is 17.3. The molecule has 6 rings (SSSR count). The molecule has 1 unspecified atom stereocenters. The molecule has 3 heteroatoms. The Labute approximate surface area is 187 Å². The van der Waals surface area contributed by atoms with Crippen molar-refractivity contribution < 1.29 is 4.79 Å². The average Bonchev–Trinajstić information content (AvgIpc) is 3.33. The standard InChI is InChI=1S/C29H22N2O/c1-31-25-19-11-9-17-23(25)26(27(31)20-12-4-2-5-13-20)29(21-14-6-3-7-15-21)28(32)22-16-8-10-18-24(22)30-29/h2-19,30H,1H3. The molecule has 0 amide bonds. The van der Waals surface area contributed by atoms with E-state index >= 15 is 0 Å². The molecule has 32 heavy (non-hydrogen) atoms. The van der Waals surface area contributed by atoms with Gasteiger partial charge in [0.05, 0.1) is 5.69 Å². The van der Waals surface area contributed by atoms with Crippen LogP contribution in [0.1, 0.15) is 21.5 Å². The predicted octanol–water partition coefficient (Wildman–Crippen LogP) is 6.40. The van der Waals surface area contributed by atoms with Gasteiger partial charge in [0, 0.05) is 34.8 Å². The molecule has 0 saturated heterocycles. The molecule has 5 aromatic rings. The fourth-order valence-corrected chi connectivity index (χ4v) is 5.17. The topological polar surface area (TPSA) is 34.0 Å². The van der Waals surface area contributed by atoms with Crippen LogP contribution in [-0.2, 0) is 12.6 Å². The number of fused-ring (bicyclic) bond motifs is 2. The lowest BCUT2D eigenvalue weighted by Crippen LogP contribution is -2.40. The van der Waals surface area contributed by atoms with Crippen LogP contribution in [-0.4, -0.2) is 10.4 Å². The summed E-state index contributed by atoms with van der Waals surface area (Å²) in [6.07, 6.45) is 0. The molecule has 0 bridgehead atoms. The van der Waals surface area contributed by atoms with E-state index in [9.17, 15) is 4.79 Å². The highest BCUT2D eigenvalue weighted by molar-refractivity contribution is 6.18. The van der Waals surface area contributed by atoms with Crippen molar-refractivity contribution in [2.75, 3.05) is 5.32 Å². The van der Waals surface area contributed by atoms with Gasteiger partial charge in [-0.1, -0.05) is 91.0 Å². The Morgan fingerprint density at radius 3 is 2.09 bits per heavy atom. The SMILES string of the molecule is Cn1c(-c2ccccc2)c(C2(c3ccccc3)Nc3ccccc3C2=O)c2ccccc21. The zero-order valence-electron chi connectivity index (χ0n) is 17.7. The van der Waals surface area contributed by atoms with Gasteiger partial charge in [-0.25, -0.2) is 0 Å². The van der Waals surface area contributed by atoms with Crippen molar-refractivity contribution >= 4 is 22.4 Å². The van der Waals surface area contributed by atoms with Gasteiger partial charge < -0.3 is 9.88 Å². The van der Waals surface area contributed by atoms with Crippen molar-refractivity contribution in [1.29, 1.82) is 0 Å². The number of hydrogen-bond acceptors (Lipinski definition) is 2. The van der Waals surface area contributed by atoms with Gasteiger partial charge in [0.2, 0.25) is 0 Å². The van der Waals surface area contributed by atoms with Gasteiger partial charge in [-0.2, -0.15) is 0 Å². The van der Waals surface area contributed by atoms with Crippen LogP contribution in [0.5, 0.6) is 0 Å². The molecular weight excluding hydrogens is 392 g/mol. The molecule has 0 aliphatic carbocycles. The first-order valence-electron chi connectivity index (χ1n) is 10.8. The lowest BCUT2D eigenvalue weighted by Gasteiger charge is -2.31. The number of nitrogens with one attached hydrogen (secondary N) is 1. The van der Waals surface area contributed by atoms with E-state index < -0.39 is 5.54 Å². The molecule has 3 nitrogen and oxygen atoms in total. The summed E-state index contributed by atoms with van der Waals surface area (Å²) in [5, 5.41) is 4.76. The first kappa shape index (κ1) is 18.6. The number of carbonyl (C=O) groups is 1. The number of carbonyl (C=O) groups excluding carboxylic acids is 1. The van der Waals surface area contributed by atoms with Crippen LogP contribution in [0.15, 0.2) is 109 Å². The van der Waals surface area contributed by atoms with Crippen LogP contribution >= 0.6 is 0 Å². The van der Waals surface area contributed by atoms with Crippen LogP contribution in [0.2, 0.25) is 0 Å². The minimum Gasteiger partial charge on any atom is -0.365 e. The third kappa shape index (κ3) is 2.45. The van der Waals surface area contributed by atoms with Gasteiger partial charge in [-0.05, 0) is 29.3 Å². The Kier molecular flexibility index (Phi) is 4.05. The number of para-hydroxylation sites is 2. The number of Topliss-reactive ketones (excluding diaryl/α,β-unsaturated/α-hetero) is 1. The number of aryl methyl sites for hydroxylation is 1. The second-order valence-corrected chi connectivity index (χ2v) is 8.28. The van der Waals surface area contributed by atoms with Crippen molar-refractivity contribution in [3.05, 3.63) is 126 Å². The van der Waals surface area contributed by atoms with Crippen molar-refractivity contribution in [3.63, 3.8) is 0 Å². The zero-order chi connectivity index (χ0) is 21.7. The highest BCUT2D eigenvalue weighted by Crippen LogP contribution is 2.50. The number of ketones is 1. The molecular formula is C29H22N2O. The van der Waals surface area contributed by atoms with Crippen LogP contribution in [0.3, 0.4) is 0 Å². The summed E-state index contributed by atoms with van der Waals surface area (Å²) in [7, 11) is 2.08. The lowest BCUT2D eigenvalue weighted by molar-refractivity contribution is 0.0942. The van der Waals surface area contributed by atoms with Gasteiger partial charge in [0.15, 0.2) is 11.3 Å². The summed E-state index contributed by atoms with van der Waals surface area (Å²) in [6.45, 7) is 0. The predicted molar refractivity (Wildman–Crippen MR) is 130 cm³/mol. The number of rotatable bonds is 3. The maximum atomic E-state index is 14.3. The van der Waals surface area contributed by atoms with Crippen LogP contribution in [0.25, 0.3) is 22.2 Å². The number of hydrogen-bond donors (Lipinski definition) is 1. The molecule has 154 valence electrons. The molecule has 1 N–H and O–H groups in total. The summed E-state index contributed by atoms with van der Waals surface area (Å²) in [5.74, 6) is 0.0767. The summed E-state index contributed by atoms with van der Waals surface area (Å²) in [4.78, 5) is 14.3. The fraction of sp³-hybridized carbons (Fsp3) is 0.0690. The second kappa shape index (κ2) is 6.96. The van der Waals surface area contributed by atoms with Gasteiger partial charge in [0.25, 0.3) is 0 Å². The molecule has 1 aromatic heterocycles. The first-order valence-corrected chi connectivity index (χ1v) is 10.8. The molecule has 0 radical (unpaired) electrons. The van der Waals surface area contributed by atoms with Crippen molar-refractivity contribution in [1.82, 2.24) is 4.57 Å². The van der Waals surface area contributed by atoms with Crippen molar-refractivity contribution in [2.45, 2.75) is 5.54 Å². The van der Waals surface area contributed by atoms with Gasteiger partial charge in [-0.3, -0.25) is 4.79 Å². The van der Waals surface area contributed by atoms with Gasteiger partial charge in [-0.15, -0.1) is 0 Å². The zero-order valence-corrected chi connectivity index (χ0v) is 17.7. The van der Waals surface area contributed by atoms with E-state index in [0.717, 1.165) is 44.5 Å². The van der Waals surface area contributed by atoms with E-state index in [0.29, 0.717) is 0 Å². The minimum atomic E-state index is -1.02. The molecule has 0 spiro atoms. The molecule has 0 fully saturated rings. The fourth-order valence-electron chi connectivity index (χ4n) is 5.17. The van der Waals surface area contributed by atoms with Crippen LogP contribution in [0.4, 0.5) is 5.69 Å². The molecule has 0 saturated carbocycles. The lowest BCUT2D eigenvalue weighted by atomic mass is 9.77. The van der Waals surface area contributed by atoms with Crippen LogP contribution in [0, 0.1) is 0 Å². The van der Waals surface area contributed by atoms with Gasteiger partial charge >= 0.3 is 0 Å². The Hall–Kier alpha value is -4.11. The van der Waals surface area contributed by atoms with E-state index in [1.54, 1.807) is 0 Å². The maximum absolute atomic E-state index is 14.3. The summed E-state index contributed by atoms with van der Waals surface area (Å²) < 4.78 is 2.21. The molecule has 2 heterocycles. The first-order chi connectivity index (χ1) is 15.7. The summed E-state index contributed by atoms with van der Waals surface area (Å²) in [5.41, 5.74) is 5.74. The van der Waals surface area contributed by atoms with Gasteiger partial charge in [0.1, 0.15) is 0 Å². The number of aromatic nitrogens is 1. The number of nitrogens with zero attached hydrogens (tertiary/aromatic N) is 1. The van der Waals surface area contributed by atoms with E-state index in [2.05, 4.69) is 47.3 Å². The monoisotopic (exact) mass is 414 g/mol. The Morgan fingerprint density at radius 2 is 1.34 bits per heavy atom. The smallest absolute Gasteiger partial charge is 0.199 e.